The maximum Gasteiger partial charge on any atom is 0.238 e. The van der Waals surface area contributed by atoms with E-state index in [0.717, 1.165) is 5.39 Å². The number of anilines is 3. The Morgan fingerprint density at radius 1 is 0.950 bits per heavy atom. The summed E-state index contributed by atoms with van der Waals surface area (Å²) in [5.41, 5.74) is 3.09. The van der Waals surface area contributed by atoms with Gasteiger partial charge in [0.15, 0.2) is 15.7 Å². The zero-order valence-corrected chi connectivity index (χ0v) is 23.1. The highest BCUT2D eigenvalue weighted by Gasteiger charge is 2.22. The van der Waals surface area contributed by atoms with E-state index in [4.69, 9.17) is 9.72 Å². The van der Waals surface area contributed by atoms with Crippen LogP contribution in [0.25, 0.3) is 21.9 Å². The van der Waals surface area contributed by atoms with Crippen molar-refractivity contribution in [2.24, 2.45) is 0 Å². The lowest BCUT2D eigenvalue weighted by Gasteiger charge is -2.15. The number of pyridine rings is 1. The predicted octanol–water partition coefficient (Wildman–Crippen LogP) is 4.40. The first-order chi connectivity index (χ1) is 19.2. The topological polar surface area (TPSA) is 126 Å². The van der Waals surface area contributed by atoms with E-state index >= 15 is 0 Å². The molecule has 0 saturated heterocycles. The maximum atomic E-state index is 13.6. The van der Waals surface area contributed by atoms with Crippen LogP contribution < -0.4 is 15.4 Å². The number of benzene rings is 3. The molecule has 5 aromatic rings. The molecule has 0 unspecified atom stereocenters. The number of methoxy groups -OCH3 is 1. The van der Waals surface area contributed by atoms with Crippen molar-refractivity contribution in [2.75, 3.05) is 38.4 Å². The van der Waals surface area contributed by atoms with E-state index in [-0.39, 0.29) is 28.9 Å². The summed E-state index contributed by atoms with van der Waals surface area (Å²) in [6, 6.07) is 20.8. The average molecular weight is 557 g/mol. The zero-order valence-electron chi connectivity index (χ0n) is 22.2. The summed E-state index contributed by atoms with van der Waals surface area (Å²) in [5, 5.41) is 6.86. The van der Waals surface area contributed by atoms with Gasteiger partial charge in [-0.05, 0) is 56.6 Å². The molecule has 2 N–H and O–H groups in total. The van der Waals surface area contributed by atoms with Gasteiger partial charge in [-0.25, -0.2) is 18.4 Å². The van der Waals surface area contributed by atoms with Crippen molar-refractivity contribution in [3.05, 3.63) is 84.7 Å². The van der Waals surface area contributed by atoms with Gasteiger partial charge >= 0.3 is 0 Å². The second kappa shape index (κ2) is 11.2. The highest BCUT2D eigenvalue weighted by molar-refractivity contribution is 7.90. The van der Waals surface area contributed by atoms with Crippen LogP contribution in [0.3, 0.4) is 0 Å². The monoisotopic (exact) mass is 556 g/mol. The smallest absolute Gasteiger partial charge is 0.238 e. The van der Waals surface area contributed by atoms with Gasteiger partial charge in [-0.2, -0.15) is 0 Å². The van der Waals surface area contributed by atoms with Gasteiger partial charge in [0.1, 0.15) is 11.5 Å². The van der Waals surface area contributed by atoms with E-state index in [1.165, 1.54) is 12.1 Å². The van der Waals surface area contributed by atoms with Crippen molar-refractivity contribution in [2.45, 2.75) is 10.6 Å². The Morgan fingerprint density at radius 2 is 1.73 bits per heavy atom. The number of amides is 1. The van der Waals surface area contributed by atoms with E-state index in [0.29, 0.717) is 33.7 Å². The van der Waals surface area contributed by atoms with E-state index in [9.17, 15) is 13.2 Å². The summed E-state index contributed by atoms with van der Waals surface area (Å²) in [6.07, 6.45) is 1.68. The molecule has 0 bridgehead atoms. The van der Waals surface area contributed by atoms with Crippen molar-refractivity contribution in [3.8, 4) is 5.75 Å². The van der Waals surface area contributed by atoms with Crippen LogP contribution in [0.4, 0.5) is 17.2 Å². The molecule has 11 heteroatoms. The number of rotatable bonds is 9. The van der Waals surface area contributed by atoms with Crippen LogP contribution in [0.2, 0.25) is 0 Å². The van der Waals surface area contributed by atoms with Crippen LogP contribution >= 0.6 is 0 Å². The molecular formula is C29H28N6O4S. The second-order valence-electron chi connectivity index (χ2n) is 9.46. The van der Waals surface area contributed by atoms with Gasteiger partial charge in [0, 0.05) is 23.3 Å². The van der Waals surface area contributed by atoms with E-state index in [1.807, 2.05) is 36.4 Å². The minimum Gasteiger partial charge on any atom is -0.497 e. The maximum absolute atomic E-state index is 13.6. The number of ether oxygens (including phenoxy) is 1. The number of fused-ring (bicyclic) bond motifs is 2. The molecule has 0 atom stereocenters. The van der Waals surface area contributed by atoms with Crippen LogP contribution in [0, 0.1) is 0 Å². The Hall–Kier alpha value is -4.61. The number of nitrogens with one attached hydrogen (secondary N) is 2. The third kappa shape index (κ3) is 6.00. The van der Waals surface area contributed by atoms with Gasteiger partial charge in [0.2, 0.25) is 5.91 Å². The first kappa shape index (κ1) is 27.0. The number of hydrogen-bond acceptors (Lipinski definition) is 9. The number of carbonyl (C=O) groups is 1. The van der Waals surface area contributed by atoms with Gasteiger partial charge in [-0.1, -0.05) is 24.3 Å². The summed E-state index contributed by atoms with van der Waals surface area (Å²) in [5.74, 6) is 0.236. The lowest BCUT2D eigenvalue weighted by atomic mass is 10.1. The van der Waals surface area contributed by atoms with Gasteiger partial charge in [-0.15, -0.1) is 0 Å². The summed E-state index contributed by atoms with van der Waals surface area (Å²) in [6.45, 7) is 0.173. The Bertz CT molecular complexity index is 1830. The van der Waals surface area contributed by atoms with Crippen LogP contribution in [0.1, 0.15) is 5.69 Å². The van der Waals surface area contributed by atoms with E-state index in [2.05, 4.69) is 20.6 Å². The number of hydrogen-bond donors (Lipinski definition) is 2. The minimum absolute atomic E-state index is 0.0598. The van der Waals surface area contributed by atoms with Crippen molar-refractivity contribution >= 4 is 54.9 Å². The molecule has 3 aromatic carbocycles. The molecule has 0 spiro atoms. The quantitative estimate of drug-likeness (QED) is 0.272. The summed E-state index contributed by atoms with van der Waals surface area (Å²) >= 11 is 0. The lowest BCUT2D eigenvalue weighted by molar-refractivity contribution is -0.116. The normalized spacial score (nSPS) is 11.6. The first-order valence-corrected chi connectivity index (χ1v) is 14.1. The largest absolute Gasteiger partial charge is 0.497 e. The SMILES string of the molecule is COc1cc(Nc2nc3ccccc3nc2CS(=O)(=O)c2cccc(NC(=O)CN(C)C)c2)c2ncccc2c1. The van der Waals surface area contributed by atoms with Crippen molar-refractivity contribution < 1.29 is 17.9 Å². The highest BCUT2D eigenvalue weighted by atomic mass is 32.2. The second-order valence-corrected chi connectivity index (χ2v) is 11.4. The van der Waals surface area contributed by atoms with E-state index in [1.54, 1.807) is 56.6 Å². The molecule has 10 nitrogen and oxygen atoms in total. The van der Waals surface area contributed by atoms with Crippen LogP contribution in [0.5, 0.6) is 5.75 Å². The molecule has 204 valence electrons. The molecule has 0 aliphatic rings. The predicted molar refractivity (Wildman–Crippen MR) is 156 cm³/mol. The third-order valence-electron chi connectivity index (χ3n) is 6.07. The molecule has 0 saturated carbocycles. The Morgan fingerprint density at radius 3 is 2.48 bits per heavy atom. The molecule has 5 rings (SSSR count). The average Bonchev–Trinajstić information content (AvgIpc) is 2.92. The fourth-order valence-corrected chi connectivity index (χ4v) is 5.58. The standard InChI is InChI=1S/C29H28N6O4S/c1-35(2)17-27(36)31-20-9-6-10-22(15-20)40(37,38)18-26-29(33-24-12-5-4-11-23(24)32-26)34-25-16-21(39-3)14-19-8-7-13-30-28(19)25/h4-16H,17-18H2,1-3H3,(H,31,36)(H,33,34). The zero-order chi connectivity index (χ0) is 28.3. The number of carbonyl (C=O) groups excluding carboxylic acids is 1. The molecule has 40 heavy (non-hydrogen) atoms. The van der Waals surface area contributed by atoms with Crippen molar-refractivity contribution in [1.29, 1.82) is 0 Å². The molecule has 1 amide bonds. The Balaban J connectivity index is 1.53. The van der Waals surface area contributed by atoms with Gasteiger partial charge in [0.05, 0.1) is 46.5 Å². The fourth-order valence-electron chi connectivity index (χ4n) is 4.26. The Labute approximate surface area is 232 Å². The van der Waals surface area contributed by atoms with Crippen molar-refractivity contribution in [1.82, 2.24) is 19.9 Å². The lowest BCUT2D eigenvalue weighted by Crippen LogP contribution is -2.27. The number of nitrogens with zero attached hydrogens (tertiary/aromatic N) is 4. The number of aromatic nitrogens is 3. The molecule has 0 aliphatic heterocycles. The summed E-state index contributed by atoms with van der Waals surface area (Å²) < 4.78 is 32.7. The molecule has 0 radical (unpaired) electrons. The van der Waals surface area contributed by atoms with Gasteiger partial charge < -0.3 is 20.3 Å². The first-order valence-electron chi connectivity index (χ1n) is 12.4. The number of sulfone groups is 1. The summed E-state index contributed by atoms with van der Waals surface area (Å²) in [4.78, 5) is 27.9. The molecule has 0 aliphatic carbocycles. The molecule has 2 aromatic heterocycles. The number of para-hydroxylation sites is 2. The molecular weight excluding hydrogens is 528 g/mol. The number of likely N-dealkylation sites (N-methyl/N-ethyl adjacent to an activating group) is 1. The fraction of sp³-hybridized carbons (Fsp3) is 0.172. The van der Waals surface area contributed by atoms with Crippen LogP contribution in [0.15, 0.2) is 83.9 Å². The third-order valence-corrected chi connectivity index (χ3v) is 7.70. The van der Waals surface area contributed by atoms with Crippen molar-refractivity contribution in [3.63, 3.8) is 0 Å². The Kier molecular flexibility index (Phi) is 7.58. The van der Waals surface area contributed by atoms with Crippen LogP contribution in [-0.2, 0) is 20.4 Å². The van der Waals surface area contributed by atoms with Gasteiger partial charge in [-0.3, -0.25) is 9.78 Å². The minimum atomic E-state index is -3.88. The molecule has 0 fully saturated rings. The van der Waals surface area contributed by atoms with Gasteiger partial charge in [0.25, 0.3) is 0 Å². The molecule has 2 heterocycles. The summed E-state index contributed by atoms with van der Waals surface area (Å²) in [7, 11) is 1.26. The van der Waals surface area contributed by atoms with E-state index < -0.39 is 15.6 Å². The van der Waals surface area contributed by atoms with Crippen LogP contribution in [-0.4, -0.2) is 61.9 Å². The highest BCUT2D eigenvalue weighted by Crippen LogP contribution is 2.32.